The van der Waals surface area contributed by atoms with Crippen molar-refractivity contribution in [1.82, 2.24) is 12.3 Å². The summed E-state index contributed by atoms with van der Waals surface area (Å²) in [6.07, 6.45) is 0.722. The average molecular weight is 563 g/mol. The third-order valence-corrected chi connectivity index (χ3v) is 5.23. The Labute approximate surface area is 188 Å². The van der Waals surface area contributed by atoms with Gasteiger partial charge in [-0.3, -0.25) is 13.6 Å². The number of phosphoric ester groups is 1. The topological polar surface area (TPSA) is 201 Å². The van der Waals surface area contributed by atoms with E-state index in [0.717, 1.165) is 0 Å². The molecule has 0 aromatic carbocycles. The fourth-order valence-electron chi connectivity index (χ4n) is 0.910. The molecule has 0 radical (unpaired) electrons. The molecule has 0 heterocycles. The molecular weight excluding hydrogens is 539 g/mol. The Morgan fingerprint density at radius 3 is 1.07 bits per heavy atom. The Morgan fingerprint density at radius 2 is 0.926 bits per heavy atom. The fourth-order valence-corrected chi connectivity index (χ4v) is 4.35. The van der Waals surface area contributed by atoms with E-state index in [0.29, 0.717) is 0 Å². The van der Waals surface area contributed by atoms with Gasteiger partial charge >= 0.3 is 7.82 Å². The van der Waals surface area contributed by atoms with Gasteiger partial charge in [0.25, 0.3) is 0 Å². The Kier molecular flexibility index (Phi) is 26.6. The second-order valence-corrected chi connectivity index (χ2v) is 8.95. The van der Waals surface area contributed by atoms with Gasteiger partial charge in [-0.05, 0) is 0 Å². The third kappa shape index (κ3) is 27.9. The lowest BCUT2D eigenvalue weighted by Crippen LogP contribution is -2.15. The van der Waals surface area contributed by atoms with E-state index in [9.17, 15) is 4.57 Å². The van der Waals surface area contributed by atoms with Gasteiger partial charge in [0.05, 0.1) is 7.82 Å². The third-order valence-electron chi connectivity index (χ3n) is 1.74. The zero-order chi connectivity index (χ0) is 20.1. The van der Waals surface area contributed by atoms with Crippen molar-refractivity contribution in [1.29, 1.82) is 0 Å². The molecule has 18 heteroatoms. The second kappa shape index (κ2) is 19.8. The number of quaternary nitrogens is 2. The van der Waals surface area contributed by atoms with Crippen molar-refractivity contribution in [2.45, 2.75) is 36.0 Å². The first-order valence-corrected chi connectivity index (χ1v) is 12.2. The van der Waals surface area contributed by atoms with E-state index in [-0.39, 0.29) is 49.2 Å². The van der Waals surface area contributed by atoms with Gasteiger partial charge in [-0.1, -0.05) is 34.8 Å². The summed E-state index contributed by atoms with van der Waals surface area (Å²) in [6.45, 7) is 0. The van der Waals surface area contributed by atoms with Crippen molar-refractivity contribution in [2.75, 3.05) is 17.6 Å². The molecule has 0 spiro atoms. The van der Waals surface area contributed by atoms with Crippen molar-refractivity contribution < 1.29 is 37.4 Å². The first-order valence-electron chi connectivity index (χ1n) is 6.37. The molecule has 0 bridgehead atoms. The predicted molar refractivity (Wildman–Crippen MR) is 108 cm³/mol. The van der Waals surface area contributed by atoms with Crippen molar-refractivity contribution in [3.05, 3.63) is 0 Å². The predicted octanol–water partition coefficient (Wildman–Crippen LogP) is 4.29. The second-order valence-electron chi connectivity index (χ2n) is 3.90. The number of hydrogen-bond donors (Lipinski definition) is 3. The Bertz CT molecular complexity index is 386. The van der Waals surface area contributed by atoms with E-state index >= 15 is 0 Å². The minimum Gasteiger partial charge on any atom is -0.790 e. The lowest BCUT2D eigenvalue weighted by atomic mass is 10.5. The zero-order valence-corrected chi connectivity index (χ0v) is 20.8. The van der Waals surface area contributed by atoms with E-state index < -0.39 is 32.3 Å². The Morgan fingerprint density at radius 1 is 0.741 bits per heavy atom. The lowest BCUT2D eigenvalue weighted by Gasteiger charge is -2.24. The van der Waals surface area contributed by atoms with Gasteiger partial charge in [0.2, 0.25) is 0 Å². The molecule has 0 aromatic rings. The number of hydrogen-bond acceptors (Lipinski definition) is 7. The van der Waals surface area contributed by atoms with Crippen molar-refractivity contribution in [2.24, 2.45) is 0 Å². The maximum absolute atomic E-state index is 12.4. The number of rotatable bonds is 12. The van der Waals surface area contributed by atoms with Gasteiger partial charge < -0.3 is 31.5 Å². The highest BCUT2D eigenvalue weighted by Gasteiger charge is 2.35. The quantitative estimate of drug-likeness (QED) is 0.231. The normalized spacial score (nSPS) is 16.5. The van der Waals surface area contributed by atoms with E-state index in [1.165, 1.54) is 0 Å². The van der Waals surface area contributed by atoms with Crippen LogP contribution in [0.4, 0.5) is 0 Å². The van der Waals surface area contributed by atoms with E-state index in [1.54, 1.807) is 0 Å². The number of phosphoric acid groups is 2. The molecule has 10 nitrogen and oxygen atoms in total. The maximum Gasteiger partial charge on any atom is 0.479 e. The van der Waals surface area contributed by atoms with Crippen LogP contribution in [0.15, 0.2) is 0 Å². The minimum absolute atomic E-state index is 0. The largest absolute Gasteiger partial charge is 0.790 e. The molecular formula is C9H24Cl6N2O8P2. The molecule has 0 aliphatic carbocycles. The summed E-state index contributed by atoms with van der Waals surface area (Å²) in [6, 6.07) is 0. The van der Waals surface area contributed by atoms with E-state index in [2.05, 4.69) is 0 Å². The number of halogens is 6. The molecule has 0 aliphatic heterocycles. The molecule has 3 unspecified atom stereocenters. The molecule has 0 saturated carbocycles. The van der Waals surface area contributed by atoms with E-state index in [4.69, 9.17) is 102 Å². The van der Waals surface area contributed by atoms with Gasteiger partial charge in [-0.2, -0.15) is 0 Å². The van der Waals surface area contributed by atoms with Crippen LogP contribution in [-0.4, -0.2) is 39.2 Å². The zero-order valence-electron chi connectivity index (χ0n) is 14.4. The first kappa shape index (κ1) is 36.3. The summed E-state index contributed by atoms with van der Waals surface area (Å²) in [5.41, 5.74) is -2.88. The molecule has 0 saturated heterocycles. The summed E-state index contributed by atoms with van der Waals surface area (Å²) in [7, 11) is -9.19. The van der Waals surface area contributed by atoms with Crippen LogP contribution in [0.1, 0.15) is 19.3 Å². The Hall–Kier alpha value is 1.88. The highest BCUT2D eigenvalue weighted by molar-refractivity contribution is 7.48. The molecule has 0 aliphatic rings. The lowest BCUT2D eigenvalue weighted by molar-refractivity contribution is -0.337. The molecule has 0 rings (SSSR count). The van der Waals surface area contributed by atoms with Crippen LogP contribution in [0.5, 0.6) is 0 Å². The van der Waals surface area contributed by atoms with Crippen LogP contribution in [0, 0.1) is 0 Å². The monoisotopic (exact) mass is 560 g/mol. The summed E-state index contributed by atoms with van der Waals surface area (Å²) in [5.74, 6) is 0.643. The van der Waals surface area contributed by atoms with Gasteiger partial charge in [-0.25, -0.2) is 4.57 Å². The fraction of sp³-hybridized carbons (Fsp3) is 1.00. The summed E-state index contributed by atoms with van der Waals surface area (Å²) in [4.78, 5) is 24.3. The van der Waals surface area contributed by atoms with E-state index in [1.807, 2.05) is 0 Å². The SMILES string of the molecule is O=P(OC(Cl)CCCl)(OC(Cl)CCCl)OC(Cl)CCCl.O=P([O-])([O-])O.[NH4+].[NH4+]. The standard InChI is InChI=1S/C9H15Cl6O4P.2H3N.H3O4P/c10-4-1-7(13)17-20(16,18-8(14)2-5-11)19-9(15)3-6-12;;;1-5(2,3)4/h7-9H,1-6H2;2*1H3;(H3,1,2,3,4). The van der Waals surface area contributed by atoms with Crippen molar-refractivity contribution in [3.8, 4) is 0 Å². The van der Waals surface area contributed by atoms with Gasteiger partial charge in [0.1, 0.15) is 16.7 Å². The molecule has 27 heavy (non-hydrogen) atoms. The summed E-state index contributed by atoms with van der Waals surface area (Å²) >= 11 is 34.0. The van der Waals surface area contributed by atoms with Crippen LogP contribution in [0.25, 0.3) is 0 Å². The van der Waals surface area contributed by atoms with Crippen LogP contribution < -0.4 is 22.1 Å². The molecule has 0 amide bonds. The van der Waals surface area contributed by atoms with Crippen LogP contribution in [-0.2, 0) is 22.7 Å². The van der Waals surface area contributed by atoms with Gasteiger partial charge in [0, 0.05) is 36.9 Å². The highest BCUT2D eigenvalue weighted by Crippen LogP contribution is 2.55. The molecule has 170 valence electrons. The number of alkyl halides is 6. The summed E-state index contributed by atoms with van der Waals surface area (Å²) in [5, 5.41) is 0. The molecule has 9 N–H and O–H groups in total. The van der Waals surface area contributed by atoms with Gasteiger partial charge in [-0.15, -0.1) is 34.8 Å². The van der Waals surface area contributed by atoms with Crippen LogP contribution in [0.3, 0.4) is 0 Å². The van der Waals surface area contributed by atoms with Crippen molar-refractivity contribution in [3.63, 3.8) is 0 Å². The van der Waals surface area contributed by atoms with Gasteiger partial charge in [0.15, 0.2) is 0 Å². The average Bonchev–Trinajstić information content (AvgIpc) is 2.35. The smallest absolute Gasteiger partial charge is 0.479 e. The first-order chi connectivity index (χ1) is 11.4. The minimum atomic E-state index is -5.14. The van der Waals surface area contributed by atoms with Crippen molar-refractivity contribution >= 4 is 85.3 Å². The summed E-state index contributed by atoms with van der Waals surface area (Å²) < 4.78 is 36.2. The molecule has 0 aromatic heterocycles. The van der Waals surface area contributed by atoms with Crippen LogP contribution in [0.2, 0.25) is 0 Å². The molecule has 0 fully saturated rings. The molecule has 3 atom stereocenters. The maximum atomic E-state index is 12.4. The highest BCUT2D eigenvalue weighted by atomic mass is 35.5. The Balaban J connectivity index is -0.000000333. The van der Waals surface area contributed by atoms with Crippen LogP contribution >= 0.6 is 85.3 Å².